The largest absolute Gasteiger partial charge is 0.393 e. The first-order chi connectivity index (χ1) is 15.6. The lowest BCUT2D eigenvalue weighted by Crippen LogP contribution is -2.83. The standard InChI is InChI=1S/C26H46O8/c1-5-15(27)7-6-14(2)16-12-19(29)26(34)22(16,3)11-9-18-23(4)10-8-17(28)21(31)25(23,33)20(30)13-24(18,26)32/h14-21,27-34H,5-13H2,1-4H3/t14-,15-,16-,17+,18-,19+,20+,21+,22-,23-,24+,25-,26+/m1/s1. The van der Waals surface area contributed by atoms with Gasteiger partial charge in [0.15, 0.2) is 0 Å². The fourth-order valence-electron chi connectivity index (χ4n) is 9.22. The molecular weight excluding hydrogens is 440 g/mol. The van der Waals surface area contributed by atoms with Crippen LogP contribution in [0.1, 0.15) is 85.5 Å². The van der Waals surface area contributed by atoms with E-state index in [9.17, 15) is 40.9 Å². The van der Waals surface area contributed by atoms with E-state index in [-0.39, 0.29) is 30.8 Å². The molecule has 0 aliphatic heterocycles. The van der Waals surface area contributed by atoms with E-state index in [0.29, 0.717) is 32.1 Å². The number of hydrogen-bond donors (Lipinski definition) is 8. The van der Waals surface area contributed by atoms with Crippen LogP contribution in [0.2, 0.25) is 0 Å². The first-order valence-corrected chi connectivity index (χ1v) is 13.2. The zero-order valence-corrected chi connectivity index (χ0v) is 21.1. The Morgan fingerprint density at radius 3 is 2.12 bits per heavy atom. The molecule has 4 fully saturated rings. The molecule has 4 aliphatic rings. The highest BCUT2D eigenvalue weighted by Gasteiger charge is 2.81. The lowest BCUT2D eigenvalue weighted by Gasteiger charge is -2.71. The third-order valence-corrected chi connectivity index (χ3v) is 11.4. The summed E-state index contributed by atoms with van der Waals surface area (Å²) in [5, 5.41) is 89.8. The summed E-state index contributed by atoms with van der Waals surface area (Å²) in [4.78, 5) is 0. The smallest absolute Gasteiger partial charge is 0.125 e. The molecule has 198 valence electrons. The second kappa shape index (κ2) is 8.35. The lowest BCUT2D eigenvalue weighted by atomic mass is 9.38. The molecule has 0 aromatic rings. The number of aliphatic hydroxyl groups is 8. The molecule has 0 unspecified atom stereocenters. The molecule has 0 radical (unpaired) electrons. The Morgan fingerprint density at radius 2 is 1.50 bits per heavy atom. The van der Waals surface area contributed by atoms with Crippen molar-refractivity contribution < 1.29 is 40.9 Å². The van der Waals surface area contributed by atoms with Crippen molar-refractivity contribution in [2.45, 2.75) is 133 Å². The molecule has 8 nitrogen and oxygen atoms in total. The maximum absolute atomic E-state index is 12.3. The third-order valence-electron chi connectivity index (χ3n) is 11.4. The third kappa shape index (κ3) is 3.06. The van der Waals surface area contributed by atoms with Gasteiger partial charge in [0.05, 0.1) is 24.4 Å². The van der Waals surface area contributed by atoms with Crippen LogP contribution in [0.3, 0.4) is 0 Å². The molecule has 4 aliphatic carbocycles. The molecule has 13 atom stereocenters. The van der Waals surface area contributed by atoms with Crippen molar-refractivity contribution in [3.63, 3.8) is 0 Å². The van der Waals surface area contributed by atoms with Gasteiger partial charge in [0.1, 0.15) is 22.9 Å². The van der Waals surface area contributed by atoms with Gasteiger partial charge >= 0.3 is 0 Å². The second-order valence-electron chi connectivity index (χ2n) is 12.7. The van der Waals surface area contributed by atoms with Crippen LogP contribution in [0.4, 0.5) is 0 Å². The van der Waals surface area contributed by atoms with Crippen molar-refractivity contribution >= 4 is 0 Å². The minimum absolute atomic E-state index is 0.0916. The van der Waals surface area contributed by atoms with Gasteiger partial charge in [-0.25, -0.2) is 0 Å². The number of fused-ring (bicyclic) bond motifs is 5. The van der Waals surface area contributed by atoms with E-state index < -0.39 is 64.4 Å². The van der Waals surface area contributed by atoms with E-state index in [0.717, 1.165) is 6.42 Å². The Labute approximate surface area is 202 Å². The predicted molar refractivity (Wildman–Crippen MR) is 124 cm³/mol. The van der Waals surface area contributed by atoms with Gasteiger partial charge in [-0.05, 0) is 69.1 Å². The first-order valence-electron chi connectivity index (χ1n) is 13.2. The number of hydrogen-bond acceptors (Lipinski definition) is 8. The fourth-order valence-corrected chi connectivity index (χ4v) is 9.22. The Morgan fingerprint density at radius 1 is 0.882 bits per heavy atom. The highest BCUT2D eigenvalue weighted by Crippen LogP contribution is 2.72. The van der Waals surface area contributed by atoms with Crippen LogP contribution in [0.5, 0.6) is 0 Å². The molecule has 0 aromatic carbocycles. The first kappa shape index (κ1) is 26.7. The predicted octanol–water partition coefficient (Wildman–Crippen LogP) is 0.450. The van der Waals surface area contributed by atoms with Crippen LogP contribution in [-0.2, 0) is 0 Å². The molecular formula is C26H46O8. The van der Waals surface area contributed by atoms with E-state index in [2.05, 4.69) is 6.92 Å². The van der Waals surface area contributed by atoms with E-state index in [1.54, 1.807) is 6.92 Å². The minimum atomic E-state index is -2.03. The van der Waals surface area contributed by atoms with Crippen molar-refractivity contribution in [3.05, 3.63) is 0 Å². The van der Waals surface area contributed by atoms with Crippen LogP contribution in [0.25, 0.3) is 0 Å². The van der Waals surface area contributed by atoms with Crippen LogP contribution in [-0.4, -0.2) is 88.2 Å². The van der Waals surface area contributed by atoms with Crippen LogP contribution in [0, 0.1) is 28.6 Å². The average Bonchev–Trinajstić information content (AvgIpc) is 3.00. The monoisotopic (exact) mass is 486 g/mol. The SMILES string of the molecule is CC[C@@H](O)CC[C@@H](C)[C@H]1C[C@H](O)[C@]2(O)[C@]1(C)CC[C@@H]1[C@@]3(C)CC[C@H](O)[C@H](O)[C@]3(O)[C@@H](O)C[C@]12O. The summed E-state index contributed by atoms with van der Waals surface area (Å²) in [5.41, 5.74) is -7.80. The molecule has 4 saturated carbocycles. The maximum Gasteiger partial charge on any atom is 0.125 e. The van der Waals surface area contributed by atoms with Crippen LogP contribution >= 0.6 is 0 Å². The fraction of sp³-hybridized carbons (Fsp3) is 1.00. The summed E-state index contributed by atoms with van der Waals surface area (Å²) in [6.45, 7) is 7.65. The average molecular weight is 487 g/mol. The molecule has 0 aromatic heterocycles. The summed E-state index contributed by atoms with van der Waals surface area (Å²) < 4.78 is 0. The highest BCUT2D eigenvalue weighted by atomic mass is 16.4. The molecule has 0 amide bonds. The number of rotatable bonds is 5. The van der Waals surface area contributed by atoms with Gasteiger partial charge in [-0.2, -0.15) is 0 Å². The maximum atomic E-state index is 12.3. The molecule has 4 rings (SSSR count). The van der Waals surface area contributed by atoms with Crippen molar-refractivity contribution in [3.8, 4) is 0 Å². The van der Waals surface area contributed by atoms with Gasteiger partial charge in [-0.1, -0.05) is 27.7 Å². The molecule has 0 saturated heterocycles. The van der Waals surface area contributed by atoms with E-state index in [4.69, 9.17) is 0 Å². The van der Waals surface area contributed by atoms with E-state index >= 15 is 0 Å². The Balaban J connectivity index is 1.73. The number of aliphatic hydroxyl groups excluding tert-OH is 5. The molecule has 8 heteroatoms. The van der Waals surface area contributed by atoms with Gasteiger partial charge in [-0.3, -0.25) is 0 Å². The molecule has 34 heavy (non-hydrogen) atoms. The molecule has 0 spiro atoms. The Kier molecular flexibility index (Phi) is 6.56. The van der Waals surface area contributed by atoms with Gasteiger partial charge in [0.2, 0.25) is 0 Å². The van der Waals surface area contributed by atoms with E-state index in [1.165, 1.54) is 0 Å². The minimum Gasteiger partial charge on any atom is -0.393 e. The second-order valence-corrected chi connectivity index (χ2v) is 12.7. The van der Waals surface area contributed by atoms with Crippen LogP contribution in [0.15, 0.2) is 0 Å². The quantitative estimate of drug-likeness (QED) is 0.278. The molecule has 0 heterocycles. The van der Waals surface area contributed by atoms with Gasteiger partial charge < -0.3 is 40.9 Å². The topological polar surface area (TPSA) is 162 Å². The zero-order chi connectivity index (χ0) is 25.5. The van der Waals surface area contributed by atoms with Crippen molar-refractivity contribution in [2.75, 3.05) is 0 Å². The van der Waals surface area contributed by atoms with Crippen molar-refractivity contribution in [1.82, 2.24) is 0 Å². The van der Waals surface area contributed by atoms with Crippen LogP contribution < -0.4 is 0 Å². The summed E-state index contributed by atoms with van der Waals surface area (Å²) in [6, 6.07) is 0. The van der Waals surface area contributed by atoms with Gasteiger partial charge in [-0.15, -0.1) is 0 Å². The van der Waals surface area contributed by atoms with E-state index in [1.807, 2.05) is 13.8 Å². The lowest BCUT2D eigenvalue weighted by molar-refractivity contribution is -0.372. The van der Waals surface area contributed by atoms with Gasteiger partial charge in [0, 0.05) is 17.3 Å². The van der Waals surface area contributed by atoms with Gasteiger partial charge in [0.25, 0.3) is 0 Å². The van der Waals surface area contributed by atoms with Crippen molar-refractivity contribution in [1.29, 1.82) is 0 Å². The molecule has 0 bridgehead atoms. The summed E-state index contributed by atoms with van der Waals surface area (Å²) in [5.74, 6) is -0.673. The molecule has 8 N–H and O–H groups in total. The van der Waals surface area contributed by atoms with Crippen molar-refractivity contribution in [2.24, 2.45) is 28.6 Å². The highest BCUT2D eigenvalue weighted by molar-refractivity contribution is 5.31. The summed E-state index contributed by atoms with van der Waals surface area (Å²) in [7, 11) is 0. The normalized spacial score (nSPS) is 56.8. The Hall–Kier alpha value is -0.320. The summed E-state index contributed by atoms with van der Waals surface area (Å²) >= 11 is 0. The zero-order valence-electron chi connectivity index (χ0n) is 21.1. The summed E-state index contributed by atoms with van der Waals surface area (Å²) in [6.07, 6.45) is -2.54. The Bertz CT molecular complexity index is 780.